The predicted octanol–water partition coefficient (Wildman–Crippen LogP) is 2.18. The van der Waals surface area contributed by atoms with Crippen molar-refractivity contribution in [3.8, 4) is 0 Å². The van der Waals surface area contributed by atoms with Gasteiger partial charge in [0.05, 0.1) is 17.8 Å². The lowest BCUT2D eigenvalue weighted by Gasteiger charge is -2.32. The van der Waals surface area contributed by atoms with Crippen molar-refractivity contribution in [2.24, 2.45) is 0 Å². The number of nitrogens with zero attached hydrogens (tertiary/aromatic N) is 2. The quantitative estimate of drug-likeness (QED) is 0.861. The van der Waals surface area contributed by atoms with Crippen LogP contribution in [0.5, 0.6) is 0 Å². The molecule has 1 aliphatic heterocycles. The fraction of sp³-hybridized carbons (Fsp3) is 0.462. The maximum absolute atomic E-state index is 5.39. The van der Waals surface area contributed by atoms with Gasteiger partial charge >= 0.3 is 0 Å². The highest BCUT2D eigenvalue weighted by Crippen LogP contribution is 2.24. The molecule has 0 spiro atoms. The van der Waals surface area contributed by atoms with Crippen LogP contribution in [-0.2, 0) is 4.74 Å². The zero-order valence-corrected chi connectivity index (χ0v) is 10.0. The van der Waals surface area contributed by atoms with Crippen LogP contribution in [0.4, 0.5) is 5.69 Å². The number of hydrogen-bond acceptors (Lipinski definition) is 3. The maximum atomic E-state index is 5.39. The van der Waals surface area contributed by atoms with E-state index in [4.69, 9.17) is 4.74 Å². The Kier molecular flexibility index (Phi) is 2.73. The van der Waals surface area contributed by atoms with Gasteiger partial charge in [0.2, 0.25) is 0 Å². The molecule has 0 amide bonds. The summed E-state index contributed by atoms with van der Waals surface area (Å²) in [7, 11) is 1.80. The number of rotatable bonds is 2. The summed E-state index contributed by atoms with van der Waals surface area (Å²) < 4.78 is 5.39. The number of piperidine rings is 1. The number of ether oxygens (including phenoxy) is 1. The second-order valence-electron chi connectivity index (χ2n) is 4.56. The average molecular weight is 231 g/mol. The first-order valence-electron chi connectivity index (χ1n) is 6.08. The molecule has 0 aliphatic carbocycles. The molecular weight excluding hydrogens is 214 g/mol. The smallest absolute Gasteiger partial charge is 0.0670 e. The van der Waals surface area contributed by atoms with Crippen molar-refractivity contribution < 1.29 is 4.74 Å². The summed E-state index contributed by atoms with van der Waals surface area (Å²) in [6, 6.07) is 6.47. The van der Waals surface area contributed by atoms with Crippen molar-refractivity contribution in [2.75, 3.05) is 25.1 Å². The van der Waals surface area contributed by atoms with Crippen LogP contribution in [0.15, 0.2) is 24.4 Å². The second-order valence-corrected chi connectivity index (χ2v) is 4.56. The molecule has 1 aliphatic rings. The van der Waals surface area contributed by atoms with Crippen LogP contribution in [0.3, 0.4) is 0 Å². The summed E-state index contributed by atoms with van der Waals surface area (Å²) in [4.78, 5) is 2.41. The molecule has 0 unspecified atom stereocenters. The summed E-state index contributed by atoms with van der Waals surface area (Å²) in [5.74, 6) is 0. The fourth-order valence-corrected chi connectivity index (χ4v) is 2.47. The van der Waals surface area contributed by atoms with Crippen LogP contribution in [0.2, 0.25) is 0 Å². The lowest BCUT2D eigenvalue weighted by Crippen LogP contribution is -2.36. The zero-order chi connectivity index (χ0) is 11.7. The largest absolute Gasteiger partial charge is 0.381 e. The van der Waals surface area contributed by atoms with E-state index in [1.165, 1.54) is 11.1 Å². The molecule has 1 fully saturated rings. The molecule has 0 bridgehead atoms. The van der Waals surface area contributed by atoms with Gasteiger partial charge in [-0.3, -0.25) is 5.10 Å². The van der Waals surface area contributed by atoms with Gasteiger partial charge in [-0.2, -0.15) is 5.10 Å². The predicted molar refractivity (Wildman–Crippen MR) is 68.3 cm³/mol. The van der Waals surface area contributed by atoms with Crippen LogP contribution in [-0.4, -0.2) is 36.5 Å². The number of anilines is 1. The molecule has 0 atom stereocenters. The molecule has 1 N–H and O–H groups in total. The first-order valence-corrected chi connectivity index (χ1v) is 6.08. The highest BCUT2D eigenvalue weighted by molar-refractivity contribution is 5.81. The molecule has 1 aromatic heterocycles. The Morgan fingerprint density at radius 3 is 2.94 bits per heavy atom. The minimum absolute atomic E-state index is 0.433. The van der Waals surface area contributed by atoms with Crippen LogP contribution in [0, 0.1) is 0 Å². The normalized spacial score (nSPS) is 17.8. The van der Waals surface area contributed by atoms with Crippen LogP contribution < -0.4 is 4.90 Å². The van der Waals surface area contributed by atoms with E-state index in [0.717, 1.165) is 31.4 Å². The molecule has 3 rings (SSSR count). The Bertz CT molecular complexity index is 500. The van der Waals surface area contributed by atoms with Gasteiger partial charge in [-0.05, 0) is 31.0 Å². The molecule has 2 aromatic rings. The Hall–Kier alpha value is -1.55. The van der Waals surface area contributed by atoms with Gasteiger partial charge in [-0.25, -0.2) is 0 Å². The van der Waals surface area contributed by atoms with E-state index >= 15 is 0 Å². The minimum Gasteiger partial charge on any atom is -0.381 e. The Morgan fingerprint density at radius 1 is 1.35 bits per heavy atom. The Balaban J connectivity index is 1.79. The van der Waals surface area contributed by atoms with Crippen molar-refractivity contribution in [2.45, 2.75) is 18.9 Å². The molecule has 90 valence electrons. The molecule has 4 heteroatoms. The number of methoxy groups -OCH3 is 1. The fourth-order valence-electron chi connectivity index (χ4n) is 2.47. The Morgan fingerprint density at radius 2 is 2.18 bits per heavy atom. The van der Waals surface area contributed by atoms with Crippen molar-refractivity contribution in [1.29, 1.82) is 0 Å². The van der Waals surface area contributed by atoms with Gasteiger partial charge < -0.3 is 9.64 Å². The minimum atomic E-state index is 0.433. The number of aromatic amines is 1. The molecule has 1 saturated heterocycles. The molecular formula is C13H17N3O. The highest BCUT2D eigenvalue weighted by atomic mass is 16.5. The molecule has 0 radical (unpaired) electrons. The first-order chi connectivity index (χ1) is 8.36. The summed E-state index contributed by atoms with van der Waals surface area (Å²) in [5, 5.41) is 8.23. The lowest BCUT2D eigenvalue weighted by atomic mass is 10.1. The number of fused-ring (bicyclic) bond motifs is 1. The summed E-state index contributed by atoms with van der Waals surface area (Å²) in [5.41, 5.74) is 2.38. The summed E-state index contributed by atoms with van der Waals surface area (Å²) in [6.07, 6.45) is 4.51. The van der Waals surface area contributed by atoms with Crippen LogP contribution in [0.25, 0.3) is 10.9 Å². The van der Waals surface area contributed by atoms with Crippen molar-refractivity contribution in [3.63, 3.8) is 0 Å². The number of H-pyrrole nitrogens is 1. The van der Waals surface area contributed by atoms with E-state index in [-0.39, 0.29) is 0 Å². The molecule has 2 heterocycles. The number of benzene rings is 1. The summed E-state index contributed by atoms with van der Waals surface area (Å²) in [6.45, 7) is 2.14. The maximum Gasteiger partial charge on any atom is 0.0670 e. The van der Waals surface area contributed by atoms with E-state index < -0.39 is 0 Å². The number of aromatic nitrogens is 2. The van der Waals surface area contributed by atoms with Crippen LogP contribution >= 0.6 is 0 Å². The van der Waals surface area contributed by atoms with E-state index in [1.54, 1.807) is 7.11 Å². The van der Waals surface area contributed by atoms with Crippen LogP contribution in [0.1, 0.15) is 12.8 Å². The van der Waals surface area contributed by atoms with Gasteiger partial charge in [-0.15, -0.1) is 0 Å². The topological polar surface area (TPSA) is 41.1 Å². The SMILES string of the molecule is COC1CCN(c2ccc3cn[nH]c3c2)CC1. The lowest BCUT2D eigenvalue weighted by molar-refractivity contribution is 0.0819. The van der Waals surface area contributed by atoms with Crippen molar-refractivity contribution in [3.05, 3.63) is 24.4 Å². The van der Waals surface area contributed by atoms with Crippen molar-refractivity contribution in [1.82, 2.24) is 10.2 Å². The number of nitrogens with one attached hydrogen (secondary N) is 1. The van der Waals surface area contributed by atoms with Gasteiger partial charge in [0, 0.05) is 31.3 Å². The average Bonchev–Trinajstić information content (AvgIpc) is 2.86. The Labute approximate surface area is 101 Å². The zero-order valence-electron chi connectivity index (χ0n) is 10.0. The molecule has 0 saturated carbocycles. The van der Waals surface area contributed by atoms with Gasteiger partial charge in [0.25, 0.3) is 0 Å². The standard InChI is InChI=1S/C13H17N3O/c1-17-12-4-6-16(7-5-12)11-3-2-10-9-14-15-13(10)8-11/h2-3,8-9,12H,4-7H2,1H3,(H,14,15). The number of hydrogen-bond donors (Lipinski definition) is 1. The van der Waals surface area contributed by atoms with E-state index in [1.807, 2.05) is 6.20 Å². The van der Waals surface area contributed by atoms with E-state index in [0.29, 0.717) is 6.10 Å². The van der Waals surface area contributed by atoms with Gasteiger partial charge in [0.15, 0.2) is 0 Å². The third kappa shape index (κ3) is 2.00. The molecule has 17 heavy (non-hydrogen) atoms. The van der Waals surface area contributed by atoms with Gasteiger partial charge in [0.1, 0.15) is 0 Å². The van der Waals surface area contributed by atoms with Gasteiger partial charge in [-0.1, -0.05) is 0 Å². The molecule has 1 aromatic carbocycles. The summed E-state index contributed by atoms with van der Waals surface area (Å²) >= 11 is 0. The van der Waals surface area contributed by atoms with E-state index in [9.17, 15) is 0 Å². The first kappa shape index (κ1) is 10.6. The highest BCUT2D eigenvalue weighted by Gasteiger charge is 2.18. The van der Waals surface area contributed by atoms with E-state index in [2.05, 4.69) is 33.3 Å². The third-order valence-corrected chi connectivity index (χ3v) is 3.57. The monoisotopic (exact) mass is 231 g/mol. The second kappa shape index (κ2) is 4.37. The molecule has 4 nitrogen and oxygen atoms in total. The third-order valence-electron chi connectivity index (χ3n) is 3.57. The van der Waals surface area contributed by atoms with Crippen molar-refractivity contribution >= 4 is 16.6 Å².